The van der Waals surface area contributed by atoms with Gasteiger partial charge in [0.05, 0.1) is 18.0 Å². The summed E-state index contributed by atoms with van der Waals surface area (Å²) in [5, 5.41) is 9.58. The summed E-state index contributed by atoms with van der Waals surface area (Å²) >= 11 is 1.60. The van der Waals surface area contributed by atoms with E-state index in [4.69, 9.17) is 5.10 Å². The zero-order valence-electron chi connectivity index (χ0n) is 17.6. The van der Waals surface area contributed by atoms with Crippen LogP contribution in [0.5, 0.6) is 0 Å². The zero-order valence-corrected chi connectivity index (χ0v) is 18.4. The summed E-state index contributed by atoms with van der Waals surface area (Å²) in [5.41, 5.74) is 6.83. The number of hydrogen-bond donors (Lipinski definition) is 0. The van der Waals surface area contributed by atoms with Gasteiger partial charge in [-0.15, -0.1) is 17.9 Å². The lowest BCUT2D eigenvalue weighted by molar-refractivity contribution is 0.834. The van der Waals surface area contributed by atoms with Gasteiger partial charge in [0.2, 0.25) is 4.80 Å². The molecule has 3 nitrogen and oxygen atoms in total. The van der Waals surface area contributed by atoms with Crippen LogP contribution in [-0.4, -0.2) is 16.9 Å². The van der Waals surface area contributed by atoms with Gasteiger partial charge in [-0.2, -0.15) is 5.10 Å². The summed E-state index contributed by atoms with van der Waals surface area (Å²) in [4.78, 5) is 5.54. The van der Waals surface area contributed by atoms with E-state index in [0.29, 0.717) is 6.54 Å². The van der Waals surface area contributed by atoms with Crippen LogP contribution in [0.1, 0.15) is 23.6 Å². The van der Waals surface area contributed by atoms with Gasteiger partial charge in [-0.1, -0.05) is 60.7 Å². The maximum absolute atomic E-state index is 5.04. The van der Waals surface area contributed by atoms with Crippen molar-refractivity contribution in [2.45, 2.75) is 20.8 Å². The highest BCUT2D eigenvalue weighted by atomic mass is 32.1. The second-order valence-corrected chi connectivity index (χ2v) is 8.19. The van der Waals surface area contributed by atoms with Gasteiger partial charge in [-0.25, -0.2) is 4.68 Å². The predicted molar refractivity (Wildman–Crippen MR) is 129 cm³/mol. The summed E-state index contributed by atoms with van der Waals surface area (Å²) in [6, 6.07) is 21.3. The summed E-state index contributed by atoms with van der Waals surface area (Å²) in [5.74, 6) is 0. The van der Waals surface area contributed by atoms with Crippen LogP contribution in [-0.2, 0) is 0 Å². The van der Waals surface area contributed by atoms with E-state index in [2.05, 4.69) is 98.4 Å². The average Bonchev–Trinajstić information content (AvgIpc) is 3.16. The lowest BCUT2D eigenvalue weighted by Crippen LogP contribution is -2.14. The van der Waals surface area contributed by atoms with E-state index >= 15 is 0 Å². The maximum atomic E-state index is 5.04. The molecular weight excluding hydrogens is 386 g/mol. The molecule has 3 aromatic carbocycles. The molecular formula is C26H25N3S. The number of rotatable bonds is 5. The molecule has 150 valence electrons. The highest BCUT2D eigenvalue weighted by molar-refractivity contribution is 7.07. The van der Waals surface area contributed by atoms with Crippen LogP contribution in [0.2, 0.25) is 0 Å². The number of thiazole rings is 1. The van der Waals surface area contributed by atoms with Crippen LogP contribution in [0.25, 0.3) is 22.0 Å². The van der Waals surface area contributed by atoms with E-state index < -0.39 is 0 Å². The molecule has 1 aromatic heterocycles. The molecule has 0 aliphatic heterocycles. The fraction of sp³-hybridized carbons (Fsp3) is 0.154. The molecule has 4 heteroatoms. The fourth-order valence-corrected chi connectivity index (χ4v) is 4.33. The fourth-order valence-electron chi connectivity index (χ4n) is 3.49. The third-order valence-electron chi connectivity index (χ3n) is 5.27. The second-order valence-electron chi connectivity index (χ2n) is 7.36. The molecule has 0 saturated heterocycles. The first-order valence-electron chi connectivity index (χ1n) is 10.0. The van der Waals surface area contributed by atoms with Crippen LogP contribution in [0.3, 0.4) is 0 Å². The minimum Gasteiger partial charge on any atom is -0.253 e. The topological polar surface area (TPSA) is 29.6 Å². The number of nitrogens with zero attached hydrogens (tertiary/aromatic N) is 3. The number of hydrogen-bond acceptors (Lipinski definition) is 3. The molecule has 0 N–H and O–H groups in total. The van der Waals surface area contributed by atoms with Crippen molar-refractivity contribution >= 4 is 27.8 Å². The molecule has 30 heavy (non-hydrogen) atoms. The van der Waals surface area contributed by atoms with Crippen LogP contribution in [0.4, 0.5) is 0 Å². The molecule has 0 aliphatic carbocycles. The van der Waals surface area contributed by atoms with Gasteiger partial charge in [-0.3, -0.25) is 4.99 Å². The molecule has 0 spiro atoms. The number of fused-ring (bicyclic) bond motifs is 1. The van der Waals surface area contributed by atoms with Crippen molar-refractivity contribution < 1.29 is 0 Å². The maximum Gasteiger partial charge on any atom is 0.206 e. The molecule has 0 fully saturated rings. The molecule has 0 atom stereocenters. The molecule has 1 heterocycles. The Morgan fingerprint density at radius 1 is 1.03 bits per heavy atom. The van der Waals surface area contributed by atoms with Crippen LogP contribution < -0.4 is 4.80 Å². The average molecular weight is 412 g/mol. The molecule has 0 bridgehead atoms. The quantitative estimate of drug-likeness (QED) is 0.271. The van der Waals surface area contributed by atoms with Gasteiger partial charge >= 0.3 is 0 Å². The van der Waals surface area contributed by atoms with Gasteiger partial charge in [0.25, 0.3) is 0 Å². The van der Waals surface area contributed by atoms with E-state index in [9.17, 15) is 0 Å². The second kappa shape index (κ2) is 8.64. The molecule has 0 saturated carbocycles. The van der Waals surface area contributed by atoms with Crippen LogP contribution in [0, 0.1) is 13.8 Å². The zero-order chi connectivity index (χ0) is 21.1. The van der Waals surface area contributed by atoms with Crippen molar-refractivity contribution in [3.8, 4) is 11.3 Å². The smallest absolute Gasteiger partial charge is 0.206 e. The first kappa shape index (κ1) is 20.0. The van der Waals surface area contributed by atoms with Crippen molar-refractivity contribution in [2.75, 3.05) is 6.54 Å². The van der Waals surface area contributed by atoms with Crippen LogP contribution >= 0.6 is 11.3 Å². The van der Waals surface area contributed by atoms with E-state index in [1.807, 2.05) is 4.68 Å². The molecule has 4 rings (SSSR count). The van der Waals surface area contributed by atoms with Crippen molar-refractivity contribution in [3.63, 3.8) is 0 Å². The van der Waals surface area contributed by atoms with E-state index in [-0.39, 0.29) is 0 Å². The van der Waals surface area contributed by atoms with E-state index in [1.54, 1.807) is 17.4 Å². The third kappa shape index (κ3) is 3.91. The first-order chi connectivity index (χ1) is 14.6. The van der Waals surface area contributed by atoms with E-state index in [1.165, 1.54) is 21.9 Å². The lowest BCUT2D eigenvalue weighted by Gasteiger charge is -2.10. The Hall–Kier alpha value is -3.24. The van der Waals surface area contributed by atoms with Gasteiger partial charge in [0, 0.05) is 16.5 Å². The van der Waals surface area contributed by atoms with Gasteiger partial charge in [0.15, 0.2) is 0 Å². The summed E-state index contributed by atoms with van der Waals surface area (Å²) in [6.07, 6.45) is 1.81. The Labute approximate surface area is 181 Å². The largest absolute Gasteiger partial charge is 0.253 e. The highest BCUT2D eigenvalue weighted by Crippen LogP contribution is 2.24. The van der Waals surface area contributed by atoms with Crippen molar-refractivity contribution in [3.05, 3.63) is 100 Å². The minimum atomic E-state index is 0.565. The predicted octanol–water partition coefficient (Wildman–Crippen LogP) is 6.35. The molecule has 0 radical (unpaired) electrons. The molecule has 0 unspecified atom stereocenters. The summed E-state index contributed by atoms with van der Waals surface area (Å²) in [7, 11) is 0. The van der Waals surface area contributed by atoms with Crippen molar-refractivity contribution in [2.24, 2.45) is 10.1 Å². The highest BCUT2D eigenvalue weighted by Gasteiger charge is 2.11. The molecule has 0 aliphatic rings. The van der Waals surface area contributed by atoms with Crippen molar-refractivity contribution in [1.29, 1.82) is 0 Å². The number of aromatic nitrogens is 1. The number of aryl methyl sites for hydroxylation is 2. The van der Waals surface area contributed by atoms with Gasteiger partial charge in [0.1, 0.15) is 0 Å². The Kier molecular flexibility index (Phi) is 5.77. The van der Waals surface area contributed by atoms with Gasteiger partial charge in [-0.05, 0) is 48.7 Å². The molecule has 4 aromatic rings. The standard InChI is InChI=1S/C26H25N3S/c1-5-15-27-26-29(25(17-30-26)22-14-13-18(2)19(3)16-22)28-20(4)23-12-8-10-21-9-6-7-11-24(21)23/h5-14,16-17H,1,15H2,2-4H3/b27-26?,28-20+. The van der Waals surface area contributed by atoms with E-state index in [0.717, 1.165) is 27.3 Å². The Morgan fingerprint density at radius 3 is 2.63 bits per heavy atom. The Bertz CT molecular complexity index is 1320. The summed E-state index contributed by atoms with van der Waals surface area (Å²) < 4.78 is 1.97. The summed E-state index contributed by atoms with van der Waals surface area (Å²) in [6.45, 7) is 10.7. The minimum absolute atomic E-state index is 0.565. The molecule has 0 amide bonds. The Morgan fingerprint density at radius 2 is 1.83 bits per heavy atom. The SMILES string of the molecule is C=CCN=c1scc(-c2ccc(C)c(C)c2)n1/N=C(\C)c1cccc2ccccc12. The van der Waals surface area contributed by atoms with Gasteiger partial charge < -0.3 is 0 Å². The van der Waals surface area contributed by atoms with Crippen LogP contribution in [0.15, 0.2) is 88.8 Å². The Balaban J connectivity index is 1.91. The third-order valence-corrected chi connectivity index (χ3v) is 6.13. The normalized spacial score (nSPS) is 12.5. The monoisotopic (exact) mass is 411 g/mol. The van der Waals surface area contributed by atoms with Crippen molar-refractivity contribution in [1.82, 2.24) is 4.68 Å². The first-order valence-corrected chi connectivity index (χ1v) is 10.9. The number of benzene rings is 3. The lowest BCUT2D eigenvalue weighted by atomic mass is 10.0.